The minimum atomic E-state index is -0.866. The summed E-state index contributed by atoms with van der Waals surface area (Å²) >= 11 is 0. The van der Waals surface area contributed by atoms with Crippen LogP contribution in [0.25, 0.3) is 0 Å². The van der Waals surface area contributed by atoms with Crippen LogP contribution in [-0.2, 0) is 15.1 Å². The van der Waals surface area contributed by atoms with E-state index in [9.17, 15) is 4.79 Å². The smallest absolute Gasteiger partial charge is 0.207 e. The Bertz CT molecular complexity index is 576. The van der Waals surface area contributed by atoms with Crippen molar-refractivity contribution in [3.8, 4) is 11.5 Å². The highest BCUT2D eigenvalue weighted by atomic mass is 16.6. The molecule has 2 unspecified atom stereocenters. The summed E-state index contributed by atoms with van der Waals surface area (Å²) in [6.45, 7) is 7.45. The highest BCUT2D eigenvalue weighted by Gasteiger charge is 2.64. The zero-order valence-corrected chi connectivity index (χ0v) is 11.9. The molecule has 0 spiro atoms. The van der Waals surface area contributed by atoms with Crippen LogP contribution >= 0.6 is 0 Å². The number of ketones is 1. The number of benzene rings is 1. The predicted molar refractivity (Wildman–Crippen MR) is 69.7 cm³/mol. The SMILES string of the molecule is COc1cc2c(cc1C)OC(C)(C)C(=O)C1OC21C. The third-order valence-electron chi connectivity index (χ3n) is 4.03. The first-order valence-corrected chi connectivity index (χ1v) is 6.40. The van der Waals surface area contributed by atoms with Gasteiger partial charge in [-0.2, -0.15) is 0 Å². The molecule has 2 aliphatic heterocycles. The number of hydrogen-bond donors (Lipinski definition) is 0. The molecule has 2 heterocycles. The van der Waals surface area contributed by atoms with Crippen LogP contribution in [0.1, 0.15) is 31.9 Å². The predicted octanol–water partition coefficient (Wildman–Crippen LogP) is 2.36. The van der Waals surface area contributed by atoms with Crippen molar-refractivity contribution in [1.82, 2.24) is 0 Å². The molecule has 4 nitrogen and oxygen atoms in total. The first-order chi connectivity index (χ1) is 8.79. The van der Waals surface area contributed by atoms with Crippen molar-refractivity contribution in [3.05, 3.63) is 23.3 Å². The Morgan fingerprint density at radius 1 is 1.26 bits per heavy atom. The molecule has 0 aromatic heterocycles. The molecule has 0 N–H and O–H groups in total. The summed E-state index contributed by atoms with van der Waals surface area (Å²) in [5.41, 5.74) is 0.418. The van der Waals surface area contributed by atoms with E-state index in [-0.39, 0.29) is 5.78 Å². The molecule has 19 heavy (non-hydrogen) atoms. The molecule has 1 aromatic rings. The Morgan fingerprint density at radius 2 is 1.95 bits per heavy atom. The zero-order chi connectivity index (χ0) is 14.0. The van der Waals surface area contributed by atoms with Gasteiger partial charge in [0.2, 0.25) is 5.78 Å². The number of carbonyl (C=O) groups is 1. The lowest BCUT2D eigenvalue weighted by Gasteiger charge is -2.24. The molecule has 0 aliphatic carbocycles. The normalized spacial score (nSPS) is 30.8. The molecule has 2 atom stereocenters. The maximum absolute atomic E-state index is 12.3. The molecule has 0 bridgehead atoms. The number of aryl methyl sites for hydroxylation is 1. The van der Waals surface area contributed by atoms with Crippen molar-refractivity contribution in [3.63, 3.8) is 0 Å². The zero-order valence-electron chi connectivity index (χ0n) is 11.9. The summed E-state index contributed by atoms with van der Waals surface area (Å²) in [5, 5.41) is 0. The Labute approximate surface area is 112 Å². The van der Waals surface area contributed by atoms with E-state index in [0.717, 1.165) is 16.9 Å². The van der Waals surface area contributed by atoms with Crippen molar-refractivity contribution in [1.29, 1.82) is 0 Å². The summed E-state index contributed by atoms with van der Waals surface area (Å²) in [7, 11) is 1.63. The second kappa shape index (κ2) is 3.51. The topological polar surface area (TPSA) is 48.1 Å². The lowest BCUT2D eigenvalue weighted by molar-refractivity contribution is -0.133. The van der Waals surface area contributed by atoms with Crippen molar-refractivity contribution in [2.24, 2.45) is 0 Å². The minimum Gasteiger partial charge on any atom is -0.496 e. The Hall–Kier alpha value is -1.55. The van der Waals surface area contributed by atoms with Gasteiger partial charge >= 0.3 is 0 Å². The Kier molecular flexibility index (Phi) is 2.31. The van der Waals surface area contributed by atoms with Crippen LogP contribution < -0.4 is 9.47 Å². The molecule has 0 amide bonds. The van der Waals surface area contributed by atoms with Crippen LogP contribution in [0.4, 0.5) is 0 Å². The molecule has 3 rings (SSSR count). The quantitative estimate of drug-likeness (QED) is 0.729. The van der Waals surface area contributed by atoms with Crippen molar-refractivity contribution in [2.75, 3.05) is 7.11 Å². The van der Waals surface area contributed by atoms with Gasteiger partial charge in [-0.05, 0) is 45.4 Å². The summed E-state index contributed by atoms with van der Waals surface area (Å²) in [6, 6.07) is 3.83. The maximum atomic E-state index is 12.3. The number of ether oxygens (including phenoxy) is 3. The number of rotatable bonds is 1. The number of fused-ring (bicyclic) bond motifs is 3. The number of Topliss-reactive ketones (excluding diaryl/α,β-unsaturated/α-hetero) is 1. The molecule has 1 aromatic carbocycles. The molecule has 2 aliphatic rings. The van der Waals surface area contributed by atoms with Crippen molar-refractivity contribution >= 4 is 5.78 Å². The number of methoxy groups -OCH3 is 1. The average molecular weight is 262 g/mol. The summed E-state index contributed by atoms with van der Waals surface area (Å²) in [5.74, 6) is 1.48. The highest BCUT2D eigenvalue weighted by Crippen LogP contribution is 2.54. The number of hydrogen-bond acceptors (Lipinski definition) is 4. The standard InChI is InChI=1S/C15H18O4/c1-8-6-11-9(7-10(8)17-5)15(4)13(19-15)12(16)14(2,3)18-11/h6-7,13H,1-5H3. The number of carbonyl (C=O) groups excluding carboxylic acids is 1. The van der Waals surface area contributed by atoms with Gasteiger partial charge in [0.05, 0.1) is 7.11 Å². The summed E-state index contributed by atoms with van der Waals surface area (Å²) in [4.78, 5) is 12.3. The number of epoxide rings is 1. The van der Waals surface area contributed by atoms with E-state index in [1.54, 1.807) is 21.0 Å². The molecule has 1 fully saturated rings. The summed E-state index contributed by atoms with van der Waals surface area (Å²) in [6.07, 6.45) is -0.420. The van der Waals surface area contributed by atoms with Gasteiger partial charge < -0.3 is 14.2 Å². The molecule has 102 valence electrons. The van der Waals surface area contributed by atoms with E-state index in [2.05, 4.69) is 0 Å². The molecule has 0 radical (unpaired) electrons. The minimum absolute atomic E-state index is 0.0113. The second-order valence-corrected chi connectivity index (χ2v) is 5.90. The Balaban J connectivity index is 2.20. The third-order valence-corrected chi connectivity index (χ3v) is 4.03. The molecule has 4 heteroatoms. The molecule has 1 saturated heterocycles. The highest BCUT2D eigenvalue weighted by molar-refractivity contribution is 5.95. The average Bonchev–Trinajstić information content (AvgIpc) is 3.01. The first kappa shape index (κ1) is 12.5. The van der Waals surface area contributed by atoms with Crippen LogP contribution in [0.5, 0.6) is 11.5 Å². The van der Waals surface area contributed by atoms with Crippen LogP contribution in [0, 0.1) is 6.92 Å². The third kappa shape index (κ3) is 1.59. The van der Waals surface area contributed by atoms with Crippen LogP contribution in [0.3, 0.4) is 0 Å². The van der Waals surface area contributed by atoms with Crippen LogP contribution in [0.2, 0.25) is 0 Å². The fourth-order valence-electron chi connectivity index (χ4n) is 2.71. The van der Waals surface area contributed by atoms with E-state index < -0.39 is 17.3 Å². The largest absolute Gasteiger partial charge is 0.496 e. The Morgan fingerprint density at radius 3 is 2.58 bits per heavy atom. The van der Waals surface area contributed by atoms with E-state index >= 15 is 0 Å². The van der Waals surface area contributed by atoms with Gasteiger partial charge in [0.25, 0.3) is 0 Å². The van der Waals surface area contributed by atoms with Gasteiger partial charge in [-0.1, -0.05) is 0 Å². The van der Waals surface area contributed by atoms with E-state index in [4.69, 9.17) is 14.2 Å². The van der Waals surface area contributed by atoms with Gasteiger partial charge in [0.15, 0.2) is 11.7 Å². The van der Waals surface area contributed by atoms with Gasteiger partial charge in [-0.3, -0.25) is 4.79 Å². The first-order valence-electron chi connectivity index (χ1n) is 6.40. The molecular formula is C15H18O4. The van der Waals surface area contributed by atoms with Gasteiger partial charge in [0, 0.05) is 5.56 Å². The van der Waals surface area contributed by atoms with Gasteiger partial charge in [-0.15, -0.1) is 0 Å². The molecular weight excluding hydrogens is 244 g/mol. The van der Waals surface area contributed by atoms with Crippen LogP contribution in [0.15, 0.2) is 12.1 Å². The monoisotopic (exact) mass is 262 g/mol. The maximum Gasteiger partial charge on any atom is 0.207 e. The lowest BCUT2D eigenvalue weighted by Crippen LogP contribution is -2.40. The van der Waals surface area contributed by atoms with E-state index in [0.29, 0.717) is 5.75 Å². The molecule has 0 saturated carbocycles. The van der Waals surface area contributed by atoms with E-state index in [1.165, 1.54) is 0 Å². The second-order valence-electron chi connectivity index (χ2n) is 5.90. The lowest BCUT2D eigenvalue weighted by atomic mass is 9.91. The van der Waals surface area contributed by atoms with Crippen molar-refractivity contribution in [2.45, 2.75) is 45.0 Å². The summed E-state index contributed by atoms with van der Waals surface area (Å²) < 4.78 is 16.9. The van der Waals surface area contributed by atoms with Gasteiger partial charge in [-0.25, -0.2) is 0 Å². The fraction of sp³-hybridized carbons (Fsp3) is 0.533. The van der Waals surface area contributed by atoms with Gasteiger partial charge in [0.1, 0.15) is 17.1 Å². The fourth-order valence-corrected chi connectivity index (χ4v) is 2.71. The van der Waals surface area contributed by atoms with E-state index in [1.807, 2.05) is 26.0 Å². The van der Waals surface area contributed by atoms with Crippen molar-refractivity contribution < 1.29 is 19.0 Å². The van der Waals surface area contributed by atoms with Crippen LogP contribution in [-0.4, -0.2) is 24.6 Å².